The van der Waals surface area contributed by atoms with E-state index in [9.17, 15) is 13.2 Å². The Bertz CT molecular complexity index is 799. The predicted octanol–water partition coefficient (Wildman–Crippen LogP) is 1.28. The van der Waals surface area contributed by atoms with Gasteiger partial charge in [-0.3, -0.25) is 9.48 Å². The number of nitriles is 1. The first-order chi connectivity index (χ1) is 9.93. The van der Waals surface area contributed by atoms with Gasteiger partial charge in [0, 0.05) is 18.0 Å². The first kappa shape index (κ1) is 14.9. The molecule has 6 nitrogen and oxygen atoms in total. The van der Waals surface area contributed by atoms with E-state index < -0.39 is 9.84 Å². The highest BCUT2D eigenvalue weighted by atomic mass is 32.2. The second kappa shape index (κ2) is 5.89. The average Bonchev–Trinajstić information content (AvgIpc) is 2.88. The summed E-state index contributed by atoms with van der Waals surface area (Å²) >= 11 is 0. The van der Waals surface area contributed by atoms with Crippen LogP contribution >= 0.6 is 0 Å². The van der Waals surface area contributed by atoms with Gasteiger partial charge in [0.15, 0.2) is 6.29 Å². The quantitative estimate of drug-likeness (QED) is 0.776. The molecule has 0 atom stereocenters. The Morgan fingerprint density at radius 2 is 2.00 bits per heavy atom. The van der Waals surface area contributed by atoms with Crippen LogP contribution in [0.1, 0.15) is 15.9 Å². The summed E-state index contributed by atoms with van der Waals surface area (Å²) in [5.41, 5.74) is 2.08. The van der Waals surface area contributed by atoms with Crippen LogP contribution in [-0.2, 0) is 16.4 Å². The Morgan fingerprint density at radius 1 is 1.33 bits per heavy atom. The van der Waals surface area contributed by atoms with Gasteiger partial charge in [0.25, 0.3) is 0 Å². The molecule has 108 valence electrons. The monoisotopic (exact) mass is 303 g/mol. The van der Waals surface area contributed by atoms with Crippen LogP contribution in [0.5, 0.6) is 0 Å². The zero-order valence-electron chi connectivity index (χ0n) is 11.4. The molecule has 2 rings (SSSR count). The second-order valence-electron chi connectivity index (χ2n) is 4.63. The Hall–Kier alpha value is -2.46. The molecule has 1 aromatic carbocycles. The highest BCUT2D eigenvalue weighted by Crippen LogP contribution is 2.21. The molecule has 0 bridgehead atoms. The number of nitrogens with zero attached hydrogens (tertiary/aromatic N) is 3. The van der Waals surface area contributed by atoms with Crippen LogP contribution in [0.15, 0.2) is 30.5 Å². The summed E-state index contributed by atoms with van der Waals surface area (Å²) in [7, 11) is -3.09. The van der Waals surface area contributed by atoms with Crippen LogP contribution in [0.2, 0.25) is 0 Å². The van der Waals surface area contributed by atoms with Gasteiger partial charge in [-0.15, -0.1) is 0 Å². The number of benzene rings is 1. The minimum atomic E-state index is -3.09. The third kappa shape index (κ3) is 3.77. The van der Waals surface area contributed by atoms with E-state index in [-0.39, 0.29) is 12.3 Å². The predicted molar refractivity (Wildman–Crippen MR) is 77.5 cm³/mol. The van der Waals surface area contributed by atoms with Crippen molar-refractivity contribution in [1.82, 2.24) is 9.78 Å². The summed E-state index contributed by atoms with van der Waals surface area (Å²) in [4.78, 5) is 11.1. The summed E-state index contributed by atoms with van der Waals surface area (Å²) in [6.07, 6.45) is 3.35. The SMILES string of the molecule is CS(=O)(=O)CCn1cc(C=O)c(-c2ccc(C#N)cc2)n1. The molecule has 0 amide bonds. The number of rotatable bonds is 5. The van der Waals surface area contributed by atoms with E-state index in [0.29, 0.717) is 28.7 Å². The molecule has 0 saturated heterocycles. The fraction of sp³-hybridized carbons (Fsp3) is 0.214. The smallest absolute Gasteiger partial charge is 0.153 e. The Kier molecular flexibility index (Phi) is 4.19. The molecule has 0 aliphatic carbocycles. The molecule has 0 aliphatic rings. The number of carbonyl (C=O) groups excluding carboxylic acids is 1. The van der Waals surface area contributed by atoms with Gasteiger partial charge in [-0.25, -0.2) is 8.42 Å². The lowest BCUT2D eigenvalue weighted by molar-refractivity contribution is 0.112. The van der Waals surface area contributed by atoms with Crippen molar-refractivity contribution in [2.24, 2.45) is 0 Å². The van der Waals surface area contributed by atoms with Gasteiger partial charge < -0.3 is 0 Å². The topological polar surface area (TPSA) is 92.8 Å². The third-order valence-electron chi connectivity index (χ3n) is 2.90. The van der Waals surface area contributed by atoms with Crippen LogP contribution in [0.3, 0.4) is 0 Å². The second-order valence-corrected chi connectivity index (χ2v) is 6.89. The van der Waals surface area contributed by atoms with Gasteiger partial charge in [0.1, 0.15) is 15.5 Å². The molecule has 0 radical (unpaired) electrons. The number of aldehydes is 1. The van der Waals surface area contributed by atoms with Crippen LogP contribution in [0.4, 0.5) is 0 Å². The number of hydrogen-bond donors (Lipinski definition) is 0. The molecule has 2 aromatic rings. The Morgan fingerprint density at radius 3 is 2.52 bits per heavy atom. The molecule has 0 aliphatic heterocycles. The lowest BCUT2D eigenvalue weighted by atomic mass is 10.1. The minimum Gasteiger partial charge on any atom is -0.298 e. The van der Waals surface area contributed by atoms with Crippen LogP contribution in [0, 0.1) is 11.3 Å². The standard InChI is InChI=1S/C14H13N3O3S/c1-21(19,20)7-6-17-9-13(10-18)14(16-17)12-4-2-11(8-15)3-5-12/h2-5,9-10H,6-7H2,1H3. The molecule has 0 spiro atoms. The van der Waals surface area contributed by atoms with Gasteiger partial charge >= 0.3 is 0 Å². The van der Waals surface area contributed by atoms with Crippen molar-refractivity contribution in [2.75, 3.05) is 12.0 Å². The Labute approximate surface area is 122 Å². The van der Waals surface area contributed by atoms with E-state index >= 15 is 0 Å². The lowest BCUT2D eigenvalue weighted by Crippen LogP contribution is -2.11. The maximum absolute atomic E-state index is 11.2. The first-order valence-electron chi connectivity index (χ1n) is 6.14. The van der Waals surface area contributed by atoms with Crippen molar-refractivity contribution in [3.05, 3.63) is 41.6 Å². The number of aryl methyl sites for hydroxylation is 1. The highest BCUT2D eigenvalue weighted by Gasteiger charge is 2.12. The molecule has 1 heterocycles. The van der Waals surface area contributed by atoms with Crippen molar-refractivity contribution in [1.29, 1.82) is 5.26 Å². The summed E-state index contributed by atoms with van der Waals surface area (Å²) in [6.45, 7) is 0.190. The largest absolute Gasteiger partial charge is 0.298 e. The van der Waals surface area contributed by atoms with Crippen molar-refractivity contribution in [2.45, 2.75) is 6.54 Å². The van der Waals surface area contributed by atoms with E-state index in [2.05, 4.69) is 5.10 Å². The molecule has 7 heteroatoms. The van der Waals surface area contributed by atoms with Crippen LogP contribution < -0.4 is 0 Å². The zero-order valence-corrected chi connectivity index (χ0v) is 12.2. The van der Waals surface area contributed by atoms with Crippen LogP contribution in [0.25, 0.3) is 11.3 Å². The van der Waals surface area contributed by atoms with Crippen molar-refractivity contribution in [3.63, 3.8) is 0 Å². The van der Waals surface area contributed by atoms with Gasteiger partial charge in [-0.2, -0.15) is 10.4 Å². The van der Waals surface area contributed by atoms with Crippen molar-refractivity contribution in [3.8, 4) is 17.3 Å². The first-order valence-corrected chi connectivity index (χ1v) is 8.20. The maximum atomic E-state index is 11.2. The highest BCUT2D eigenvalue weighted by molar-refractivity contribution is 7.90. The summed E-state index contributed by atoms with van der Waals surface area (Å²) in [6, 6.07) is 8.70. The zero-order chi connectivity index (χ0) is 15.5. The van der Waals surface area contributed by atoms with Gasteiger partial charge in [-0.05, 0) is 12.1 Å². The van der Waals surface area contributed by atoms with Crippen molar-refractivity contribution < 1.29 is 13.2 Å². The number of aromatic nitrogens is 2. The molecule has 0 unspecified atom stereocenters. The minimum absolute atomic E-state index is 0.0419. The molecule has 0 saturated carbocycles. The van der Waals surface area contributed by atoms with E-state index in [0.717, 1.165) is 6.26 Å². The van der Waals surface area contributed by atoms with Crippen LogP contribution in [-0.4, -0.2) is 36.5 Å². The summed E-state index contributed by atoms with van der Waals surface area (Å²) < 4.78 is 23.8. The van der Waals surface area contributed by atoms with E-state index in [1.165, 1.54) is 10.9 Å². The summed E-state index contributed by atoms with van der Waals surface area (Å²) in [5, 5.41) is 13.0. The van der Waals surface area contributed by atoms with Gasteiger partial charge in [0.2, 0.25) is 0 Å². The molecule has 21 heavy (non-hydrogen) atoms. The molecule has 0 fully saturated rings. The van der Waals surface area contributed by atoms with Gasteiger partial charge in [0.05, 0.1) is 29.5 Å². The molecule has 1 aromatic heterocycles. The maximum Gasteiger partial charge on any atom is 0.153 e. The van der Waals surface area contributed by atoms with Gasteiger partial charge in [-0.1, -0.05) is 12.1 Å². The third-order valence-corrected chi connectivity index (χ3v) is 3.82. The fourth-order valence-electron chi connectivity index (χ4n) is 1.82. The lowest BCUT2D eigenvalue weighted by Gasteiger charge is -2.00. The Balaban J connectivity index is 2.32. The average molecular weight is 303 g/mol. The van der Waals surface area contributed by atoms with E-state index in [4.69, 9.17) is 5.26 Å². The van der Waals surface area contributed by atoms with E-state index in [1.54, 1.807) is 24.3 Å². The van der Waals surface area contributed by atoms with Crippen molar-refractivity contribution >= 4 is 16.1 Å². The molecular weight excluding hydrogens is 290 g/mol. The number of hydrogen-bond acceptors (Lipinski definition) is 5. The fourth-order valence-corrected chi connectivity index (χ4v) is 2.34. The summed E-state index contributed by atoms with van der Waals surface area (Å²) in [5.74, 6) is -0.0419. The number of sulfone groups is 1. The molecule has 0 N–H and O–H groups in total. The molecular formula is C14H13N3O3S. The van der Waals surface area contributed by atoms with E-state index in [1.807, 2.05) is 6.07 Å². The normalized spacial score (nSPS) is 11.0. The number of carbonyl (C=O) groups is 1.